The van der Waals surface area contributed by atoms with E-state index in [0.29, 0.717) is 29.2 Å². The topological polar surface area (TPSA) is 99.3 Å². The van der Waals surface area contributed by atoms with Crippen LogP contribution in [-0.2, 0) is 16.1 Å². The largest absolute Gasteiger partial charge is 0.376 e. The Morgan fingerprint density at radius 3 is 2.20 bits per heavy atom. The molecule has 0 aliphatic heterocycles. The molecule has 4 N–H and O–H groups in total. The number of hydrogen-bond acceptors (Lipinski definition) is 4. The van der Waals surface area contributed by atoms with Crippen molar-refractivity contribution in [3.63, 3.8) is 0 Å². The van der Waals surface area contributed by atoms with Gasteiger partial charge in [0.1, 0.15) is 0 Å². The predicted molar refractivity (Wildman–Crippen MR) is 140 cm³/mol. The number of anilines is 3. The Hall–Kier alpha value is -4.13. The van der Waals surface area contributed by atoms with Crippen molar-refractivity contribution < 1.29 is 14.4 Å². The lowest BCUT2D eigenvalue weighted by Gasteiger charge is -2.18. The Kier molecular flexibility index (Phi) is 8.25. The molecule has 0 radical (unpaired) electrons. The van der Waals surface area contributed by atoms with Gasteiger partial charge < -0.3 is 21.3 Å². The molecule has 3 amide bonds. The first-order valence-electron chi connectivity index (χ1n) is 11.5. The zero-order valence-corrected chi connectivity index (χ0v) is 20.6. The fourth-order valence-electron chi connectivity index (χ4n) is 3.18. The maximum atomic E-state index is 12.8. The van der Waals surface area contributed by atoms with E-state index in [9.17, 15) is 14.4 Å². The molecule has 0 atom stereocenters. The minimum absolute atomic E-state index is 0.00398. The van der Waals surface area contributed by atoms with Gasteiger partial charge in [-0.25, -0.2) is 0 Å². The first-order chi connectivity index (χ1) is 16.6. The summed E-state index contributed by atoms with van der Waals surface area (Å²) in [7, 11) is 0. The molecule has 3 aromatic carbocycles. The van der Waals surface area contributed by atoms with Crippen LogP contribution in [0.15, 0.2) is 72.8 Å². The van der Waals surface area contributed by atoms with Crippen LogP contribution in [-0.4, -0.2) is 24.3 Å². The molecule has 7 heteroatoms. The number of rotatable bonds is 8. The molecular weight excluding hydrogens is 440 g/mol. The van der Waals surface area contributed by atoms with Crippen molar-refractivity contribution >= 4 is 34.8 Å². The molecule has 0 saturated carbocycles. The summed E-state index contributed by atoms with van der Waals surface area (Å²) in [5.41, 5.74) is 3.80. The summed E-state index contributed by atoms with van der Waals surface area (Å²) >= 11 is 0. The lowest BCUT2D eigenvalue weighted by Crippen LogP contribution is -2.27. The molecule has 35 heavy (non-hydrogen) atoms. The van der Waals surface area contributed by atoms with E-state index >= 15 is 0 Å². The number of hydrogen-bond donors (Lipinski definition) is 4. The third-order valence-electron chi connectivity index (χ3n) is 5.27. The molecule has 7 nitrogen and oxygen atoms in total. The fourth-order valence-corrected chi connectivity index (χ4v) is 3.18. The van der Waals surface area contributed by atoms with E-state index in [1.165, 1.54) is 0 Å². The van der Waals surface area contributed by atoms with Gasteiger partial charge in [0.05, 0.1) is 17.8 Å². The van der Waals surface area contributed by atoms with Gasteiger partial charge in [0.15, 0.2) is 0 Å². The van der Waals surface area contributed by atoms with Crippen molar-refractivity contribution in [2.45, 2.75) is 34.2 Å². The van der Waals surface area contributed by atoms with E-state index in [-0.39, 0.29) is 24.3 Å². The van der Waals surface area contributed by atoms with E-state index in [2.05, 4.69) is 21.3 Å². The van der Waals surface area contributed by atoms with Gasteiger partial charge in [0.2, 0.25) is 11.8 Å². The maximum Gasteiger partial charge on any atom is 0.253 e. The van der Waals surface area contributed by atoms with Crippen LogP contribution in [0.5, 0.6) is 0 Å². The summed E-state index contributed by atoms with van der Waals surface area (Å²) in [5.74, 6) is -0.658. The molecule has 0 heterocycles. The highest BCUT2D eigenvalue weighted by molar-refractivity contribution is 6.04. The standard InChI is InChI=1S/C28H32N4O3/c1-19-12-14-20(15-13-19)17-30-26(34)23-10-5-6-11-24(23)32-25(33)18-29-21-8-7-9-22(16-21)31-27(35)28(2,3)4/h5-16,29H,17-18H2,1-4H3,(H,30,34)(H,31,35)(H,32,33). The van der Waals surface area contributed by atoms with Crippen LogP contribution >= 0.6 is 0 Å². The molecule has 3 rings (SSSR count). The fraction of sp³-hybridized carbons (Fsp3) is 0.250. The average molecular weight is 473 g/mol. The van der Waals surface area contributed by atoms with Crippen LogP contribution in [0.25, 0.3) is 0 Å². The number of amides is 3. The Bertz CT molecular complexity index is 1200. The van der Waals surface area contributed by atoms with Crippen molar-refractivity contribution in [2.75, 3.05) is 22.5 Å². The molecule has 0 saturated heterocycles. The molecule has 0 spiro atoms. The Labute approximate surface area is 206 Å². The molecule has 0 aromatic heterocycles. The monoisotopic (exact) mass is 472 g/mol. The second kappa shape index (κ2) is 11.3. The molecule has 0 aliphatic rings. The quantitative estimate of drug-likeness (QED) is 0.372. The summed E-state index contributed by atoms with van der Waals surface area (Å²) in [6.45, 7) is 7.93. The van der Waals surface area contributed by atoms with Crippen molar-refractivity contribution in [2.24, 2.45) is 5.41 Å². The van der Waals surface area contributed by atoms with Gasteiger partial charge in [-0.1, -0.05) is 68.8 Å². The van der Waals surface area contributed by atoms with E-state index in [0.717, 1.165) is 11.1 Å². The van der Waals surface area contributed by atoms with Gasteiger partial charge in [-0.05, 0) is 42.8 Å². The van der Waals surface area contributed by atoms with E-state index in [1.54, 1.807) is 42.5 Å². The van der Waals surface area contributed by atoms with Crippen LogP contribution in [0.4, 0.5) is 17.1 Å². The van der Waals surface area contributed by atoms with Gasteiger partial charge in [0, 0.05) is 23.3 Å². The molecule has 0 unspecified atom stereocenters. The van der Waals surface area contributed by atoms with E-state index in [1.807, 2.05) is 58.0 Å². The summed E-state index contributed by atoms with van der Waals surface area (Å²) in [4.78, 5) is 37.6. The third kappa shape index (κ3) is 7.71. The minimum atomic E-state index is -0.511. The average Bonchev–Trinajstić information content (AvgIpc) is 2.82. The minimum Gasteiger partial charge on any atom is -0.376 e. The second-order valence-electron chi connectivity index (χ2n) is 9.40. The number of aryl methyl sites for hydroxylation is 1. The summed E-state index contributed by atoms with van der Waals surface area (Å²) in [6, 6.07) is 22.0. The number of carbonyl (C=O) groups excluding carboxylic acids is 3. The maximum absolute atomic E-state index is 12.8. The van der Waals surface area contributed by atoms with Gasteiger partial charge in [-0.2, -0.15) is 0 Å². The molecule has 0 fully saturated rings. The first-order valence-corrected chi connectivity index (χ1v) is 11.5. The Morgan fingerprint density at radius 1 is 0.800 bits per heavy atom. The zero-order valence-electron chi connectivity index (χ0n) is 20.6. The lowest BCUT2D eigenvalue weighted by molar-refractivity contribution is -0.123. The number of nitrogens with one attached hydrogen (secondary N) is 4. The highest BCUT2D eigenvalue weighted by Crippen LogP contribution is 2.20. The summed E-state index contributed by atoms with van der Waals surface area (Å²) in [6.07, 6.45) is 0. The number of carbonyl (C=O) groups is 3. The van der Waals surface area contributed by atoms with Crippen molar-refractivity contribution in [1.82, 2.24) is 5.32 Å². The van der Waals surface area contributed by atoms with Gasteiger partial charge in [-0.15, -0.1) is 0 Å². The molecule has 0 aliphatic carbocycles. The second-order valence-corrected chi connectivity index (χ2v) is 9.40. The van der Waals surface area contributed by atoms with Crippen LogP contribution in [0.3, 0.4) is 0 Å². The van der Waals surface area contributed by atoms with Crippen molar-refractivity contribution in [3.05, 3.63) is 89.5 Å². The lowest BCUT2D eigenvalue weighted by atomic mass is 9.95. The number of benzene rings is 3. The molecule has 3 aromatic rings. The van der Waals surface area contributed by atoms with E-state index in [4.69, 9.17) is 0 Å². The van der Waals surface area contributed by atoms with E-state index < -0.39 is 5.41 Å². The number of para-hydroxylation sites is 1. The predicted octanol–water partition coefficient (Wildman–Crippen LogP) is 4.96. The summed E-state index contributed by atoms with van der Waals surface area (Å²) in [5, 5.41) is 11.6. The van der Waals surface area contributed by atoms with Crippen LogP contribution < -0.4 is 21.3 Å². The highest BCUT2D eigenvalue weighted by Gasteiger charge is 2.21. The smallest absolute Gasteiger partial charge is 0.253 e. The molecular formula is C28H32N4O3. The van der Waals surface area contributed by atoms with Crippen molar-refractivity contribution in [1.29, 1.82) is 0 Å². The third-order valence-corrected chi connectivity index (χ3v) is 5.27. The zero-order chi connectivity index (χ0) is 25.4. The summed E-state index contributed by atoms with van der Waals surface area (Å²) < 4.78 is 0. The SMILES string of the molecule is Cc1ccc(CNC(=O)c2ccccc2NC(=O)CNc2cccc(NC(=O)C(C)(C)C)c2)cc1. The Balaban J connectivity index is 1.57. The normalized spacial score (nSPS) is 10.9. The van der Waals surface area contributed by atoms with Gasteiger partial charge in [-0.3, -0.25) is 14.4 Å². The first kappa shape index (κ1) is 25.5. The van der Waals surface area contributed by atoms with Crippen LogP contribution in [0, 0.1) is 12.3 Å². The van der Waals surface area contributed by atoms with Crippen LogP contribution in [0.1, 0.15) is 42.3 Å². The molecule has 182 valence electrons. The molecule has 0 bridgehead atoms. The highest BCUT2D eigenvalue weighted by atomic mass is 16.2. The van der Waals surface area contributed by atoms with Crippen molar-refractivity contribution in [3.8, 4) is 0 Å². The van der Waals surface area contributed by atoms with Gasteiger partial charge in [0.25, 0.3) is 5.91 Å². The van der Waals surface area contributed by atoms with Crippen LogP contribution in [0.2, 0.25) is 0 Å². The Morgan fingerprint density at radius 2 is 1.49 bits per heavy atom. The van der Waals surface area contributed by atoms with Gasteiger partial charge >= 0.3 is 0 Å².